The van der Waals surface area contributed by atoms with Crippen LogP contribution in [0, 0.1) is 0 Å². The number of thiocarbonyl (C=S) groups is 2. The van der Waals surface area contributed by atoms with Crippen LogP contribution in [0.1, 0.15) is 52.4 Å². The van der Waals surface area contributed by atoms with Crippen molar-refractivity contribution in [2.24, 2.45) is 0 Å². The summed E-state index contributed by atoms with van der Waals surface area (Å²) >= 11 is 18.2. The molecule has 110 valence electrons. The van der Waals surface area contributed by atoms with Gasteiger partial charge in [0.25, 0.3) is 0 Å². The Morgan fingerprint density at radius 3 is 1.32 bits per heavy atom. The normalized spacial score (nSPS) is 8.53. The monoisotopic (exact) mass is 390 g/mol. The van der Waals surface area contributed by atoms with E-state index in [9.17, 15) is 0 Å². The van der Waals surface area contributed by atoms with Gasteiger partial charge in [0.15, 0.2) is 0 Å². The first-order chi connectivity index (χ1) is 8.54. The maximum Gasteiger partial charge on any atom is 0.0858 e. The second-order valence-corrected chi connectivity index (χ2v) is 5.61. The third-order valence-corrected chi connectivity index (χ3v) is 2.41. The molecule has 0 unspecified atom stereocenters. The average Bonchev–Trinajstić information content (AvgIpc) is 2.31. The van der Waals surface area contributed by atoms with Crippen LogP contribution in [0.5, 0.6) is 0 Å². The Kier molecular flexibility index (Phi) is 27.6. The Morgan fingerprint density at radius 1 is 0.789 bits per heavy atom. The van der Waals surface area contributed by atoms with Gasteiger partial charge in [-0.1, -0.05) is 39.5 Å². The Balaban J connectivity index is -0.000000256. The molecular formula is C12H22O2S4Zn-2. The molecule has 7 heteroatoms. The summed E-state index contributed by atoms with van der Waals surface area (Å²) in [6.07, 6.45) is 6.91. The molecule has 2 nitrogen and oxygen atoms in total. The molecule has 0 aliphatic rings. The molecule has 0 saturated heterocycles. The first-order valence-corrected chi connectivity index (χ1v) is 7.85. The van der Waals surface area contributed by atoms with E-state index in [-0.39, 0.29) is 28.2 Å². The standard InChI is InChI=1S/2C6H12OS2.Zn/c2*1-2-3-4-5-7-6(8)9;/h2*2-5H2,1H3,(H,8,9);/p-2. The molecule has 0 aromatic heterocycles. The molecule has 0 aromatic carbocycles. The van der Waals surface area contributed by atoms with Crippen LogP contribution in [-0.4, -0.2) is 22.0 Å². The van der Waals surface area contributed by atoms with Crippen molar-refractivity contribution >= 4 is 58.5 Å². The molecule has 0 rings (SSSR count). The van der Waals surface area contributed by atoms with Gasteiger partial charge in [0.2, 0.25) is 0 Å². The van der Waals surface area contributed by atoms with E-state index >= 15 is 0 Å². The van der Waals surface area contributed by atoms with Gasteiger partial charge in [0.05, 0.1) is 13.2 Å². The van der Waals surface area contributed by atoms with Crippen LogP contribution >= 0.6 is 24.4 Å². The summed E-state index contributed by atoms with van der Waals surface area (Å²) in [5.74, 6) is 0. The fourth-order valence-electron chi connectivity index (χ4n) is 1.02. The molecule has 0 aromatic rings. The molecule has 0 saturated carbocycles. The van der Waals surface area contributed by atoms with Crippen LogP contribution in [0.3, 0.4) is 0 Å². The van der Waals surface area contributed by atoms with Crippen molar-refractivity contribution in [1.82, 2.24) is 0 Å². The summed E-state index contributed by atoms with van der Waals surface area (Å²) in [5, 5.41) is 0. The predicted octanol–water partition coefficient (Wildman–Crippen LogP) is 4.05. The predicted molar refractivity (Wildman–Crippen MR) is 90.9 cm³/mol. The van der Waals surface area contributed by atoms with Gasteiger partial charge < -0.3 is 59.2 Å². The van der Waals surface area contributed by atoms with Crippen LogP contribution in [0.2, 0.25) is 0 Å². The minimum atomic E-state index is 0. The van der Waals surface area contributed by atoms with Crippen LogP contribution in [-0.2, 0) is 54.2 Å². The van der Waals surface area contributed by atoms with E-state index in [2.05, 4.69) is 63.5 Å². The van der Waals surface area contributed by atoms with Crippen LogP contribution in [0.15, 0.2) is 0 Å². The summed E-state index contributed by atoms with van der Waals surface area (Å²) in [6, 6.07) is 0. The Morgan fingerprint density at radius 2 is 1.11 bits per heavy atom. The minimum Gasteiger partial charge on any atom is -0.514 e. The van der Waals surface area contributed by atoms with Gasteiger partial charge in [0.1, 0.15) is 0 Å². The zero-order valence-electron chi connectivity index (χ0n) is 11.8. The van der Waals surface area contributed by atoms with E-state index in [1.807, 2.05) is 0 Å². The van der Waals surface area contributed by atoms with Crippen molar-refractivity contribution in [3.63, 3.8) is 0 Å². The topological polar surface area (TPSA) is 18.5 Å². The number of unbranched alkanes of at least 4 members (excludes halogenated alkanes) is 4. The maximum absolute atomic E-state index is 4.89. The quantitative estimate of drug-likeness (QED) is 0.267. The number of hydrogen-bond acceptors (Lipinski definition) is 6. The van der Waals surface area contributed by atoms with Gasteiger partial charge >= 0.3 is 0 Å². The summed E-state index contributed by atoms with van der Waals surface area (Å²) in [4.78, 5) is 0. The first kappa shape index (κ1) is 24.8. The zero-order valence-corrected chi connectivity index (χ0v) is 18.0. The van der Waals surface area contributed by atoms with Crippen molar-refractivity contribution in [2.75, 3.05) is 13.2 Å². The van der Waals surface area contributed by atoms with Crippen molar-refractivity contribution in [3.05, 3.63) is 0 Å². The molecule has 0 spiro atoms. The molecule has 0 fully saturated rings. The van der Waals surface area contributed by atoms with Crippen molar-refractivity contribution < 1.29 is 29.0 Å². The van der Waals surface area contributed by atoms with E-state index in [1.165, 1.54) is 25.7 Å². The fraction of sp³-hybridized carbons (Fsp3) is 0.833. The summed E-state index contributed by atoms with van der Waals surface area (Å²) < 4.78 is 10.3. The molecule has 0 aliphatic carbocycles. The SMILES string of the molecule is CCCCCOC(=S)[S-].CCCCCOC(=S)[S-].[Zn]. The van der Waals surface area contributed by atoms with Crippen molar-refractivity contribution in [3.8, 4) is 0 Å². The van der Waals surface area contributed by atoms with Gasteiger partial charge in [-0.25, -0.2) is 0 Å². The molecule has 0 N–H and O–H groups in total. The number of rotatable bonds is 8. The average molecular weight is 392 g/mol. The third kappa shape index (κ3) is 32.4. The molecule has 0 amide bonds. The maximum atomic E-state index is 4.89. The largest absolute Gasteiger partial charge is 0.514 e. The van der Waals surface area contributed by atoms with E-state index in [4.69, 9.17) is 9.47 Å². The summed E-state index contributed by atoms with van der Waals surface area (Å²) in [6.45, 7) is 5.67. The molecule has 0 heterocycles. The third-order valence-electron chi connectivity index (χ3n) is 1.94. The van der Waals surface area contributed by atoms with E-state index in [0.29, 0.717) is 13.2 Å². The second-order valence-electron chi connectivity index (χ2n) is 3.61. The first-order valence-electron chi connectivity index (χ1n) is 6.22. The molecule has 19 heavy (non-hydrogen) atoms. The molecule has 0 aliphatic heterocycles. The molecule has 0 radical (unpaired) electrons. The van der Waals surface area contributed by atoms with Crippen molar-refractivity contribution in [1.29, 1.82) is 0 Å². The van der Waals surface area contributed by atoms with Crippen LogP contribution in [0.4, 0.5) is 0 Å². The molecule has 0 atom stereocenters. The van der Waals surface area contributed by atoms with Crippen LogP contribution in [0.25, 0.3) is 0 Å². The summed E-state index contributed by atoms with van der Waals surface area (Å²) in [7, 11) is 0. The Bertz CT molecular complexity index is 194. The van der Waals surface area contributed by atoms with Crippen LogP contribution < -0.4 is 0 Å². The minimum absolute atomic E-state index is 0. The van der Waals surface area contributed by atoms with Crippen molar-refractivity contribution in [2.45, 2.75) is 52.4 Å². The number of ether oxygens (including phenoxy) is 2. The number of hydrogen-bond donors (Lipinski definition) is 0. The van der Waals surface area contributed by atoms with E-state index in [0.717, 1.165) is 12.8 Å². The molecule has 0 bridgehead atoms. The Labute approximate surface area is 152 Å². The van der Waals surface area contributed by atoms with Gasteiger partial charge in [-0.15, -0.1) is 0 Å². The summed E-state index contributed by atoms with van der Waals surface area (Å²) in [5.41, 5.74) is 0. The fourth-order valence-corrected chi connectivity index (χ4v) is 1.35. The van der Waals surface area contributed by atoms with Gasteiger partial charge in [-0.05, 0) is 12.8 Å². The Hall–Kier alpha value is 0.843. The smallest absolute Gasteiger partial charge is 0.0858 e. The zero-order chi connectivity index (χ0) is 14.2. The van der Waals surface area contributed by atoms with Gasteiger partial charge in [-0.3, -0.25) is 0 Å². The van der Waals surface area contributed by atoms with Gasteiger partial charge in [0, 0.05) is 28.2 Å². The second kappa shape index (κ2) is 21.1. The van der Waals surface area contributed by atoms with E-state index in [1.54, 1.807) is 0 Å². The van der Waals surface area contributed by atoms with Gasteiger partial charge in [-0.2, -0.15) is 0 Å². The van der Waals surface area contributed by atoms with E-state index < -0.39 is 0 Å². The molecular weight excluding hydrogens is 370 g/mol.